The molecular weight excluding hydrogens is 545 g/mol. The summed E-state index contributed by atoms with van der Waals surface area (Å²) in [7, 11) is -4.15. The van der Waals surface area contributed by atoms with Crippen molar-refractivity contribution in [3.8, 4) is 0 Å². The van der Waals surface area contributed by atoms with Gasteiger partial charge in [-0.3, -0.25) is 13.9 Å². The number of amides is 2. The number of aryl methyl sites for hydroxylation is 1. The third kappa shape index (κ3) is 7.49. The fourth-order valence-electron chi connectivity index (χ4n) is 3.81. The maximum absolute atomic E-state index is 13.8. The van der Waals surface area contributed by atoms with E-state index < -0.39 is 28.5 Å². The predicted octanol–water partition coefficient (Wildman–Crippen LogP) is 5.44. The number of nitrogens with zero attached hydrogens (tertiary/aromatic N) is 2. The fraction of sp³-hybridized carbons (Fsp3) is 0.286. The number of carbonyl (C=O) groups is 2. The number of benzene rings is 3. The molecule has 0 aliphatic heterocycles. The Morgan fingerprint density at radius 2 is 1.55 bits per heavy atom. The summed E-state index contributed by atoms with van der Waals surface area (Å²) in [4.78, 5) is 28.1. The lowest BCUT2D eigenvalue weighted by Gasteiger charge is -2.32. The Balaban J connectivity index is 2.01. The van der Waals surface area contributed by atoms with Crippen LogP contribution in [0.3, 0.4) is 0 Å². The number of hydrogen-bond acceptors (Lipinski definition) is 4. The highest BCUT2D eigenvalue weighted by Crippen LogP contribution is 2.26. The minimum absolute atomic E-state index is 0.00538. The largest absolute Gasteiger partial charge is 0.354 e. The summed E-state index contributed by atoms with van der Waals surface area (Å²) in [5.41, 5.74) is 1.92. The summed E-state index contributed by atoms with van der Waals surface area (Å²) < 4.78 is 28.6. The molecule has 0 heterocycles. The van der Waals surface area contributed by atoms with Crippen LogP contribution in [0.25, 0.3) is 0 Å². The van der Waals surface area contributed by atoms with Crippen LogP contribution in [0.2, 0.25) is 10.0 Å². The molecule has 0 bridgehead atoms. The van der Waals surface area contributed by atoms with Crippen molar-refractivity contribution >= 4 is 50.7 Å². The number of carbonyl (C=O) groups excluding carboxylic acids is 2. The molecule has 3 aromatic rings. The van der Waals surface area contributed by atoms with Gasteiger partial charge in [0.2, 0.25) is 11.8 Å². The molecule has 1 atom stereocenters. The van der Waals surface area contributed by atoms with Crippen LogP contribution < -0.4 is 9.62 Å². The second-order valence-corrected chi connectivity index (χ2v) is 11.7. The van der Waals surface area contributed by atoms with E-state index in [-0.39, 0.29) is 17.3 Å². The quantitative estimate of drug-likeness (QED) is 0.330. The van der Waals surface area contributed by atoms with Crippen molar-refractivity contribution in [2.75, 3.05) is 17.4 Å². The van der Waals surface area contributed by atoms with Gasteiger partial charge in [-0.25, -0.2) is 8.42 Å². The molecule has 1 N–H and O–H groups in total. The Kier molecular flexibility index (Phi) is 10.2. The van der Waals surface area contributed by atoms with Crippen molar-refractivity contribution in [1.82, 2.24) is 10.2 Å². The second-order valence-electron chi connectivity index (χ2n) is 8.92. The Hall–Kier alpha value is -3.07. The standard InChI is InChI=1S/C28H31Cl2N3O4S/c1-4-16-31-28(35)21(3)32(18-22-8-10-23(29)11-9-22)27(34)19-33(25-7-5-6-20(2)17-25)38(36,37)26-14-12-24(30)13-15-26/h5-15,17,21H,4,16,18-19H2,1-3H3,(H,31,35). The van der Waals surface area contributed by atoms with Crippen LogP contribution >= 0.6 is 23.2 Å². The Bertz CT molecular complexity index is 1360. The van der Waals surface area contributed by atoms with Crippen molar-refractivity contribution in [2.24, 2.45) is 0 Å². The molecule has 10 heteroatoms. The molecule has 38 heavy (non-hydrogen) atoms. The Labute approximate surface area is 234 Å². The molecule has 0 aromatic heterocycles. The number of hydrogen-bond donors (Lipinski definition) is 1. The lowest BCUT2D eigenvalue weighted by Crippen LogP contribution is -2.51. The van der Waals surface area contributed by atoms with Crippen molar-refractivity contribution in [2.45, 2.75) is 44.7 Å². The third-order valence-electron chi connectivity index (χ3n) is 5.95. The number of rotatable bonds is 11. The minimum Gasteiger partial charge on any atom is -0.354 e. The van der Waals surface area contributed by atoms with Crippen molar-refractivity contribution in [3.05, 3.63) is 94.0 Å². The van der Waals surface area contributed by atoms with Gasteiger partial charge in [-0.15, -0.1) is 0 Å². The summed E-state index contributed by atoms with van der Waals surface area (Å²) >= 11 is 12.0. The maximum atomic E-state index is 13.8. The molecule has 3 rings (SSSR count). The van der Waals surface area contributed by atoms with E-state index in [1.807, 2.05) is 19.9 Å². The van der Waals surface area contributed by atoms with Crippen LogP contribution in [0.5, 0.6) is 0 Å². The second kappa shape index (κ2) is 13.1. The van der Waals surface area contributed by atoms with Crippen LogP contribution in [-0.2, 0) is 26.2 Å². The van der Waals surface area contributed by atoms with E-state index in [0.29, 0.717) is 22.3 Å². The van der Waals surface area contributed by atoms with Gasteiger partial charge in [0.05, 0.1) is 10.6 Å². The van der Waals surface area contributed by atoms with Gasteiger partial charge in [-0.2, -0.15) is 0 Å². The molecule has 0 fully saturated rings. The topological polar surface area (TPSA) is 86.8 Å². The first kappa shape index (κ1) is 29.5. The summed E-state index contributed by atoms with van der Waals surface area (Å²) in [6.45, 7) is 5.46. The average Bonchev–Trinajstić information content (AvgIpc) is 2.89. The van der Waals surface area contributed by atoms with Crippen molar-refractivity contribution in [3.63, 3.8) is 0 Å². The van der Waals surface area contributed by atoms with Gasteiger partial charge in [0, 0.05) is 23.1 Å². The van der Waals surface area contributed by atoms with Crippen molar-refractivity contribution in [1.29, 1.82) is 0 Å². The van der Waals surface area contributed by atoms with Gasteiger partial charge in [-0.1, -0.05) is 54.4 Å². The van der Waals surface area contributed by atoms with Gasteiger partial charge < -0.3 is 10.2 Å². The Morgan fingerprint density at radius 1 is 0.947 bits per heavy atom. The number of halogens is 2. The van der Waals surface area contributed by atoms with Crippen LogP contribution in [0.1, 0.15) is 31.4 Å². The molecule has 0 aliphatic carbocycles. The summed E-state index contributed by atoms with van der Waals surface area (Å²) in [5.74, 6) is -0.852. The van der Waals surface area contributed by atoms with Crippen LogP contribution in [0.4, 0.5) is 5.69 Å². The molecule has 0 aliphatic rings. The van der Waals surface area contributed by atoms with Crippen LogP contribution in [0.15, 0.2) is 77.7 Å². The highest BCUT2D eigenvalue weighted by atomic mass is 35.5. The summed E-state index contributed by atoms with van der Waals surface area (Å²) in [5, 5.41) is 3.75. The van der Waals surface area contributed by atoms with E-state index in [4.69, 9.17) is 23.2 Å². The van der Waals surface area contributed by atoms with Crippen LogP contribution in [0, 0.1) is 6.92 Å². The van der Waals surface area contributed by atoms with Crippen LogP contribution in [-0.4, -0.2) is 44.3 Å². The zero-order valence-corrected chi connectivity index (χ0v) is 23.9. The molecule has 7 nitrogen and oxygen atoms in total. The fourth-order valence-corrected chi connectivity index (χ4v) is 5.47. The molecule has 1 unspecified atom stereocenters. The lowest BCUT2D eigenvalue weighted by molar-refractivity contribution is -0.139. The van der Waals surface area contributed by atoms with Gasteiger partial charge in [0.25, 0.3) is 10.0 Å². The first-order chi connectivity index (χ1) is 18.0. The Morgan fingerprint density at radius 3 is 2.13 bits per heavy atom. The molecule has 202 valence electrons. The summed E-state index contributed by atoms with van der Waals surface area (Å²) in [6, 6.07) is 18.8. The summed E-state index contributed by atoms with van der Waals surface area (Å²) in [6.07, 6.45) is 0.740. The molecule has 0 radical (unpaired) electrons. The first-order valence-corrected chi connectivity index (χ1v) is 14.4. The highest BCUT2D eigenvalue weighted by molar-refractivity contribution is 7.92. The zero-order chi connectivity index (χ0) is 27.9. The van der Waals surface area contributed by atoms with E-state index in [0.717, 1.165) is 21.9 Å². The number of sulfonamides is 1. The molecule has 3 aromatic carbocycles. The monoisotopic (exact) mass is 575 g/mol. The average molecular weight is 577 g/mol. The van der Waals surface area contributed by atoms with Gasteiger partial charge in [0.1, 0.15) is 12.6 Å². The smallest absolute Gasteiger partial charge is 0.264 e. The van der Waals surface area contributed by atoms with Gasteiger partial charge >= 0.3 is 0 Å². The van der Waals surface area contributed by atoms with E-state index in [9.17, 15) is 18.0 Å². The van der Waals surface area contributed by atoms with E-state index in [1.165, 1.54) is 29.2 Å². The molecule has 2 amide bonds. The zero-order valence-electron chi connectivity index (χ0n) is 21.5. The molecule has 0 saturated carbocycles. The SMILES string of the molecule is CCCNC(=O)C(C)N(Cc1ccc(Cl)cc1)C(=O)CN(c1cccc(C)c1)S(=O)(=O)c1ccc(Cl)cc1. The van der Waals surface area contributed by atoms with Crippen molar-refractivity contribution < 1.29 is 18.0 Å². The van der Waals surface area contributed by atoms with E-state index >= 15 is 0 Å². The minimum atomic E-state index is -4.15. The molecule has 0 spiro atoms. The number of nitrogens with one attached hydrogen (secondary N) is 1. The molecular formula is C28H31Cl2N3O4S. The highest BCUT2D eigenvalue weighted by Gasteiger charge is 2.32. The predicted molar refractivity (Wildman–Crippen MR) is 152 cm³/mol. The van der Waals surface area contributed by atoms with Gasteiger partial charge in [-0.05, 0) is 79.9 Å². The van der Waals surface area contributed by atoms with Gasteiger partial charge in [0.15, 0.2) is 0 Å². The lowest BCUT2D eigenvalue weighted by atomic mass is 10.1. The van der Waals surface area contributed by atoms with E-state index in [2.05, 4.69) is 5.32 Å². The number of anilines is 1. The maximum Gasteiger partial charge on any atom is 0.264 e. The normalized spacial score (nSPS) is 12.0. The molecule has 0 saturated heterocycles. The van der Waals surface area contributed by atoms with E-state index in [1.54, 1.807) is 49.4 Å². The third-order valence-corrected chi connectivity index (χ3v) is 8.24. The first-order valence-electron chi connectivity index (χ1n) is 12.2.